The summed E-state index contributed by atoms with van der Waals surface area (Å²) >= 11 is 0. The van der Waals surface area contributed by atoms with E-state index in [1.807, 2.05) is 0 Å². The quantitative estimate of drug-likeness (QED) is 0.0949. The zero-order valence-corrected chi connectivity index (χ0v) is 58.5. The van der Waals surface area contributed by atoms with Crippen molar-refractivity contribution in [2.75, 3.05) is 53.1 Å². The summed E-state index contributed by atoms with van der Waals surface area (Å²) in [7, 11) is 3.63. The predicted octanol–water partition coefficient (Wildman–Crippen LogP) is 18.7. The molecule has 12 fully saturated rings. The summed E-state index contributed by atoms with van der Waals surface area (Å²) in [5, 5.41) is 0. The minimum Gasteiger partial charge on any atom is -0.496 e. The molecule has 8 saturated carbocycles. The lowest BCUT2D eigenvalue weighted by Gasteiger charge is -2.55. The van der Waals surface area contributed by atoms with Gasteiger partial charge in [-0.3, -0.25) is 9.59 Å². The van der Waals surface area contributed by atoms with Gasteiger partial charge in [-0.1, -0.05) is 26.8 Å². The third kappa shape index (κ3) is 14.8. The van der Waals surface area contributed by atoms with Crippen molar-refractivity contribution in [2.24, 2.45) is 46.3 Å². The van der Waals surface area contributed by atoms with Gasteiger partial charge in [0, 0.05) is 43.6 Å². The third-order valence-corrected chi connectivity index (χ3v) is 31.9. The van der Waals surface area contributed by atoms with Gasteiger partial charge in [0.25, 0.3) is 0 Å². The van der Waals surface area contributed by atoms with Gasteiger partial charge in [-0.05, 0) is 330 Å². The molecule has 16 rings (SSSR count). The van der Waals surface area contributed by atoms with E-state index in [-0.39, 0.29) is 28.2 Å². The van der Waals surface area contributed by atoms with Crippen LogP contribution in [0.15, 0.2) is 74.2 Å². The summed E-state index contributed by atoms with van der Waals surface area (Å²) in [4.78, 5) is 32.8. The molecule has 4 aromatic rings. The molecule has 4 saturated heterocycles. The molecule has 0 amide bonds. The van der Waals surface area contributed by atoms with Crippen LogP contribution in [0.5, 0.6) is 17.2 Å². The van der Waals surface area contributed by atoms with Gasteiger partial charge in [-0.25, -0.2) is 0 Å². The van der Waals surface area contributed by atoms with Crippen LogP contribution in [0.3, 0.4) is 0 Å². The number of methoxy groups -OCH3 is 1. The molecule has 8 bridgehead atoms. The fourth-order valence-electron chi connectivity index (χ4n) is 18.7. The van der Waals surface area contributed by atoms with Gasteiger partial charge in [0.2, 0.25) is 0 Å². The maximum Gasteiger partial charge on any atom is 0.317 e. The first kappa shape index (κ1) is 64.5. The number of aryl methyl sites for hydroxylation is 7. The van der Waals surface area contributed by atoms with Crippen LogP contribution in [-0.2, 0) is 58.6 Å². The minimum absolute atomic E-state index is 0.0823. The van der Waals surface area contributed by atoms with Crippen molar-refractivity contribution in [1.29, 1.82) is 0 Å². The Morgan fingerprint density at radius 2 is 0.628 bits per heavy atom. The van der Waals surface area contributed by atoms with Crippen LogP contribution < -0.4 is 14.2 Å². The van der Waals surface area contributed by atoms with E-state index in [9.17, 15) is 9.59 Å². The van der Waals surface area contributed by atoms with Crippen molar-refractivity contribution < 1.29 is 23.8 Å². The van der Waals surface area contributed by atoms with Crippen molar-refractivity contribution in [3.63, 3.8) is 0 Å². The Bertz CT molecular complexity index is 2880. The van der Waals surface area contributed by atoms with E-state index in [4.69, 9.17) is 14.2 Å². The fourth-order valence-corrected chi connectivity index (χ4v) is 28.5. The van der Waals surface area contributed by atoms with E-state index in [0.29, 0.717) is 43.6 Å². The molecule has 9 heteroatoms. The predicted molar refractivity (Wildman–Crippen MR) is 369 cm³/mol. The maximum atomic E-state index is 13.3. The van der Waals surface area contributed by atoms with Crippen LogP contribution in [0.4, 0.5) is 0 Å². The second-order valence-corrected chi connectivity index (χ2v) is 39.4. The molecule has 5 nitrogen and oxygen atoms in total. The van der Waals surface area contributed by atoms with Crippen LogP contribution in [-0.4, -0.2) is 65.1 Å². The van der Waals surface area contributed by atoms with Crippen molar-refractivity contribution in [3.8, 4) is 17.2 Å². The average Bonchev–Trinajstić information content (AvgIpc) is 3.15. The highest BCUT2D eigenvalue weighted by molar-refractivity contribution is 7.97. The monoisotopic (exact) mass is 1240 g/mol. The zero-order valence-electron chi connectivity index (χ0n) is 55.3. The highest BCUT2D eigenvalue weighted by Crippen LogP contribution is 2.62. The molecule has 0 aromatic heterocycles. The lowest BCUT2D eigenvalue weighted by Crippen LogP contribution is -2.51. The van der Waals surface area contributed by atoms with Crippen LogP contribution in [0.1, 0.15) is 213 Å². The summed E-state index contributed by atoms with van der Waals surface area (Å²) < 4.78 is 17.7. The molecule has 4 heterocycles. The number of rotatable bonds is 9. The van der Waals surface area contributed by atoms with Crippen molar-refractivity contribution in [3.05, 3.63) is 99.1 Å². The Morgan fingerprint density at radius 1 is 0.372 bits per heavy atom. The molecule has 0 N–H and O–H groups in total. The molecule has 0 unspecified atom stereocenters. The lowest BCUT2D eigenvalue weighted by molar-refractivity contribution is -0.162. The lowest BCUT2D eigenvalue weighted by atomic mass is 9.49. The molecule has 468 valence electrons. The van der Waals surface area contributed by atoms with Crippen molar-refractivity contribution in [1.82, 2.24) is 0 Å². The van der Waals surface area contributed by atoms with E-state index >= 15 is 0 Å². The number of hydrogen-bond acceptors (Lipinski definition) is 5. The SMILES string of the molecule is COc1c(C)cc([S+]2CCCCC2)cc1C.Cc1cc([S+]2CCCC2)cc(C)c1OC(=O)C12CC3CC(CC(C3)C1)C2.Cc1cc([S+]2CCCCC2)cc(C)c1OC(=O)C12CC3CC(CC(C3)C1)C2.Cc1cc([S+]2CCCCC2)ccc1C(C)(C)C. The van der Waals surface area contributed by atoms with Crippen LogP contribution in [0.2, 0.25) is 0 Å². The topological polar surface area (TPSA) is 61.8 Å². The molecule has 4 aromatic carbocycles. The zero-order chi connectivity index (χ0) is 60.5. The molecular weight excluding hydrogens is 1130 g/mol. The average molecular weight is 1240 g/mol. The van der Waals surface area contributed by atoms with E-state index in [1.165, 1.54) is 187 Å². The van der Waals surface area contributed by atoms with E-state index < -0.39 is 0 Å². The third-order valence-electron chi connectivity index (χ3n) is 22.1. The van der Waals surface area contributed by atoms with Gasteiger partial charge in [-0.2, -0.15) is 0 Å². The smallest absolute Gasteiger partial charge is 0.317 e. The van der Waals surface area contributed by atoms with Gasteiger partial charge in [0.05, 0.1) is 17.9 Å². The van der Waals surface area contributed by atoms with Gasteiger partial charge in [0.15, 0.2) is 19.6 Å². The molecule has 0 spiro atoms. The molecule has 0 atom stereocenters. The first-order chi connectivity index (χ1) is 41.2. The van der Waals surface area contributed by atoms with E-state index in [0.717, 1.165) is 114 Å². The minimum atomic E-state index is -0.169. The molecule has 12 aliphatic rings. The molecule has 86 heavy (non-hydrogen) atoms. The summed E-state index contributed by atoms with van der Waals surface area (Å²) in [5.41, 5.74) is 10.1. The maximum absolute atomic E-state index is 13.3. The number of carbonyl (C=O) groups excluding carboxylic acids is 2. The summed E-state index contributed by atoms with van der Waals surface area (Å²) in [6.45, 7) is 22.0. The van der Waals surface area contributed by atoms with E-state index in [2.05, 4.69) is 124 Å². The van der Waals surface area contributed by atoms with Gasteiger partial charge in [0.1, 0.15) is 63.3 Å². The van der Waals surface area contributed by atoms with Crippen LogP contribution in [0, 0.1) is 94.8 Å². The molecule has 8 aliphatic carbocycles. The summed E-state index contributed by atoms with van der Waals surface area (Å²) in [5.74, 6) is 18.6. The van der Waals surface area contributed by atoms with Crippen molar-refractivity contribution >= 4 is 55.5 Å². The Balaban J connectivity index is 0.000000122. The molecule has 0 radical (unpaired) electrons. The summed E-state index contributed by atoms with van der Waals surface area (Å²) in [6.07, 6.45) is 30.1. The fraction of sp³-hybridized carbons (Fsp3) is 0.662. The number of ether oxygens (including phenoxy) is 3. The Morgan fingerprint density at radius 3 is 0.895 bits per heavy atom. The van der Waals surface area contributed by atoms with Crippen LogP contribution in [0.25, 0.3) is 0 Å². The van der Waals surface area contributed by atoms with Gasteiger partial charge >= 0.3 is 11.9 Å². The first-order valence-electron chi connectivity index (χ1n) is 34.4. The molecular formula is C77H110O5S4+4. The largest absolute Gasteiger partial charge is 0.496 e. The Labute approximate surface area is 533 Å². The number of benzene rings is 4. The number of esters is 2. The second kappa shape index (κ2) is 27.9. The van der Waals surface area contributed by atoms with Crippen LogP contribution >= 0.6 is 0 Å². The highest BCUT2D eigenvalue weighted by atomic mass is 32.2. The highest BCUT2D eigenvalue weighted by Gasteiger charge is 2.57. The van der Waals surface area contributed by atoms with E-state index in [1.54, 1.807) is 16.9 Å². The first-order valence-corrected chi connectivity index (χ1v) is 40.6. The summed E-state index contributed by atoms with van der Waals surface area (Å²) in [6, 6.07) is 21.1. The Kier molecular flexibility index (Phi) is 20.9. The van der Waals surface area contributed by atoms with Crippen molar-refractivity contribution in [2.45, 2.75) is 242 Å². The number of hydrogen-bond donors (Lipinski definition) is 0. The second-order valence-electron chi connectivity index (χ2n) is 30.3. The number of carbonyl (C=O) groups is 2. The Hall–Kier alpha value is -2.98. The molecule has 4 aliphatic heterocycles. The van der Waals surface area contributed by atoms with Gasteiger partial charge < -0.3 is 14.2 Å². The standard InChI is InChI=1S/C24H33O2S.C23H31O2S.C16H25S.C14H21OS/c1-16-8-21(27-6-4-3-5-7-27)9-17(2)22(16)26-23(25)24-13-18-10-19(14-24)12-20(11-18)15-24;1-15-7-20(26-5-3-4-6-26)8-16(2)21(15)25-22(24)23-12-17-9-18(13-23)11-19(10-17)14-23;1-13-12-14(17-10-6-5-7-11-17)8-9-15(13)16(2,3)4;1-11-9-13(10-12(2)14(11)15-3)16-7-5-4-6-8-16/h8-9,18-20H,3-7,10-15H2,1-2H3;7-8,17-19H,3-6,9-14H2,1-2H3;8-9,12H,5-7,10-11H2,1-4H3;9-10H,4-8H2,1-3H3/q4*+1. The van der Waals surface area contributed by atoms with Gasteiger partial charge in [-0.15, -0.1) is 0 Å². The normalized spacial score (nSPS) is 28.8.